The molecule has 2 aliphatic heterocycles. The van der Waals surface area contributed by atoms with Crippen LogP contribution in [0.15, 0.2) is 16.8 Å². The highest BCUT2D eigenvalue weighted by atomic mass is 32.1. The summed E-state index contributed by atoms with van der Waals surface area (Å²) in [4.78, 5) is 14.7. The van der Waals surface area contributed by atoms with Crippen molar-refractivity contribution in [3.63, 3.8) is 0 Å². The third kappa shape index (κ3) is 3.00. The molecule has 0 spiro atoms. The maximum atomic E-state index is 12.5. The molecule has 1 amide bonds. The number of carbonyl (C=O) groups is 1. The summed E-state index contributed by atoms with van der Waals surface area (Å²) in [7, 11) is 0. The first-order chi connectivity index (χ1) is 9.34. The monoisotopic (exact) mass is 278 g/mol. The van der Waals surface area contributed by atoms with Crippen molar-refractivity contribution >= 4 is 17.2 Å². The van der Waals surface area contributed by atoms with Crippen molar-refractivity contribution in [2.24, 2.45) is 0 Å². The second-order valence-electron chi connectivity index (χ2n) is 5.66. The fourth-order valence-corrected chi connectivity index (χ4v) is 4.07. The van der Waals surface area contributed by atoms with E-state index in [1.54, 1.807) is 11.3 Å². The number of hydrogen-bond donors (Lipinski definition) is 1. The fourth-order valence-electron chi connectivity index (χ4n) is 3.40. The standard InChI is InChI=1S/C15H22N2OS/c18-15(10-12-6-9-19-11-12)17-8-3-4-13-14(17)5-1-2-7-16-13/h6,9,11,13-14,16H,1-5,7-8,10H2/t13-,14+/m1/s1. The maximum Gasteiger partial charge on any atom is 0.227 e. The lowest BCUT2D eigenvalue weighted by atomic mass is 9.93. The lowest BCUT2D eigenvalue weighted by molar-refractivity contribution is -0.135. The SMILES string of the molecule is O=C(Cc1ccsc1)N1CCC[C@H]2NCCCC[C@@H]21. The van der Waals surface area contributed by atoms with Crippen molar-refractivity contribution in [3.8, 4) is 0 Å². The van der Waals surface area contributed by atoms with Gasteiger partial charge in [0.25, 0.3) is 0 Å². The van der Waals surface area contributed by atoms with Gasteiger partial charge in [0.2, 0.25) is 5.91 Å². The molecule has 19 heavy (non-hydrogen) atoms. The van der Waals surface area contributed by atoms with E-state index in [1.807, 2.05) is 0 Å². The normalized spacial score (nSPS) is 27.7. The molecule has 2 fully saturated rings. The van der Waals surface area contributed by atoms with Gasteiger partial charge in [-0.05, 0) is 54.6 Å². The number of carbonyl (C=O) groups excluding carboxylic acids is 1. The molecule has 0 radical (unpaired) electrons. The lowest BCUT2D eigenvalue weighted by Gasteiger charge is -2.41. The largest absolute Gasteiger partial charge is 0.338 e. The smallest absolute Gasteiger partial charge is 0.227 e. The predicted molar refractivity (Wildman–Crippen MR) is 78.4 cm³/mol. The highest BCUT2D eigenvalue weighted by Gasteiger charge is 2.34. The van der Waals surface area contributed by atoms with E-state index in [-0.39, 0.29) is 0 Å². The Bertz CT molecular complexity index is 418. The van der Waals surface area contributed by atoms with Gasteiger partial charge in [-0.3, -0.25) is 4.79 Å². The molecule has 0 saturated carbocycles. The molecule has 0 aromatic carbocycles. The third-order valence-corrected chi connectivity index (χ3v) is 5.10. The summed E-state index contributed by atoms with van der Waals surface area (Å²) in [6.07, 6.45) is 6.62. The Hall–Kier alpha value is -0.870. The minimum atomic E-state index is 0.316. The number of hydrogen-bond acceptors (Lipinski definition) is 3. The number of nitrogens with zero attached hydrogens (tertiary/aromatic N) is 1. The first-order valence-corrected chi connectivity index (χ1v) is 8.33. The van der Waals surface area contributed by atoms with Gasteiger partial charge in [-0.15, -0.1) is 0 Å². The number of nitrogens with one attached hydrogen (secondary N) is 1. The summed E-state index contributed by atoms with van der Waals surface area (Å²) >= 11 is 1.67. The minimum Gasteiger partial charge on any atom is -0.338 e. The minimum absolute atomic E-state index is 0.316. The molecule has 3 nitrogen and oxygen atoms in total. The Morgan fingerprint density at radius 1 is 1.37 bits per heavy atom. The molecule has 0 aliphatic carbocycles. The molecule has 0 unspecified atom stereocenters. The van der Waals surface area contributed by atoms with Crippen LogP contribution < -0.4 is 5.32 Å². The van der Waals surface area contributed by atoms with Crippen LogP contribution in [0, 0.1) is 0 Å². The molecule has 1 aromatic rings. The van der Waals surface area contributed by atoms with Crippen LogP contribution in [-0.4, -0.2) is 36.0 Å². The van der Waals surface area contributed by atoms with Crippen LogP contribution in [0.4, 0.5) is 0 Å². The molecule has 104 valence electrons. The van der Waals surface area contributed by atoms with Crippen molar-refractivity contribution in [1.29, 1.82) is 0 Å². The van der Waals surface area contributed by atoms with Crippen LogP contribution in [-0.2, 0) is 11.2 Å². The average Bonchev–Trinajstić information content (AvgIpc) is 2.80. The van der Waals surface area contributed by atoms with Gasteiger partial charge >= 0.3 is 0 Å². The zero-order valence-corrected chi connectivity index (χ0v) is 12.1. The van der Waals surface area contributed by atoms with Crippen molar-refractivity contribution < 1.29 is 4.79 Å². The summed E-state index contributed by atoms with van der Waals surface area (Å²) < 4.78 is 0. The molecule has 2 saturated heterocycles. The third-order valence-electron chi connectivity index (χ3n) is 4.37. The molecule has 1 N–H and O–H groups in total. The first kappa shape index (κ1) is 13.1. The molecule has 2 aliphatic rings. The van der Waals surface area contributed by atoms with Gasteiger partial charge in [0.15, 0.2) is 0 Å². The highest BCUT2D eigenvalue weighted by molar-refractivity contribution is 7.07. The summed E-state index contributed by atoms with van der Waals surface area (Å²) in [5.41, 5.74) is 1.17. The molecule has 3 heterocycles. The first-order valence-electron chi connectivity index (χ1n) is 7.38. The Kier molecular flexibility index (Phi) is 4.18. The molecule has 3 rings (SSSR count). The zero-order chi connectivity index (χ0) is 13.1. The summed E-state index contributed by atoms with van der Waals surface area (Å²) in [5, 5.41) is 7.77. The van der Waals surface area contributed by atoms with Crippen LogP contribution >= 0.6 is 11.3 Å². The molecule has 0 bridgehead atoms. The second-order valence-corrected chi connectivity index (χ2v) is 6.44. The highest BCUT2D eigenvalue weighted by Crippen LogP contribution is 2.25. The fraction of sp³-hybridized carbons (Fsp3) is 0.667. The maximum absolute atomic E-state index is 12.5. The van der Waals surface area contributed by atoms with Crippen molar-refractivity contribution in [2.75, 3.05) is 13.1 Å². The van der Waals surface area contributed by atoms with E-state index in [0.717, 1.165) is 19.5 Å². The lowest BCUT2D eigenvalue weighted by Crippen LogP contribution is -2.55. The summed E-state index contributed by atoms with van der Waals surface area (Å²) in [6.45, 7) is 2.07. The van der Waals surface area contributed by atoms with Gasteiger partial charge in [0.1, 0.15) is 0 Å². The van der Waals surface area contributed by atoms with Gasteiger partial charge in [-0.2, -0.15) is 11.3 Å². The van der Waals surface area contributed by atoms with E-state index in [2.05, 4.69) is 27.0 Å². The molecular formula is C15H22N2OS. The van der Waals surface area contributed by atoms with Crippen molar-refractivity contribution in [2.45, 2.75) is 50.6 Å². The Morgan fingerprint density at radius 3 is 3.16 bits per heavy atom. The van der Waals surface area contributed by atoms with E-state index in [4.69, 9.17) is 0 Å². The summed E-state index contributed by atoms with van der Waals surface area (Å²) in [5.74, 6) is 0.316. The van der Waals surface area contributed by atoms with E-state index in [0.29, 0.717) is 24.4 Å². The quantitative estimate of drug-likeness (QED) is 0.901. The van der Waals surface area contributed by atoms with E-state index in [1.165, 1.54) is 31.2 Å². The van der Waals surface area contributed by atoms with Crippen LogP contribution in [0.25, 0.3) is 0 Å². The molecule has 2 atom stereocenters. The summed E-state index contributed by atoms with van der Waals surface area (Å²) in [6, 6.07) is 3.03. The second kappa shape index (κ2) is 6.06. The van der Waals surface area contributed by atoms with Crippen LogP contribution in [0.1, 0.15) is 37.7 Å². The number of thiophene rings is 1. The number of fused-ring (bicyclic) bond motifs is 1. The number of likely N-dealkylation sites (tertiary alicyclic amines) is 1. The van der Waals surface area contributed by atoms with Crippen LogP contribution in [0.3, 0.4) is 0 Å². The predicted octanol–water partition coefficient (Wildman–Crippen LogP) is 2.42. The average molecular weight is 278 g/mol. The van der Waals surface area contributed by atoms with Gasteiger partial charge in [-0.1, -0.05) is 6.42 Å². The van der Waals surface area contributed by atoms with Gasteiger partial charge in [0.05, 0.1) is 6.42 Å². The van der Waals surface area contributed by atoms with Gasteiger partial charge in [0, 0.05) is 18.6 Å². The molecule has 4 heteroatoms. The number of piperidine rings is 1. The Labute approximate surface area is 119 Å². The number of rotatable bonds is 2. The van der Waals surface area contributed by atoms with Crippen molar-refractivity contribution in [3.05, 3.63) is 22.4 Å². The van der Waals surface area contributed by atoms with E-state index >= 15 is 0 Å². The van der Waals surface area contributed by atoms with Crippen LogP contribution in [0.5, 0.6) is 0 Å². The Morgan fingerprint density at radius 2 is 2.32 bits per heavy atom. The topological polar surface area (TPSA) is 32.3 Å². The van der Waals surface area contributed by atoms with E-state index < -0.39 is 0 Å². The molecular weight excluding hydrogens is 256 g/mol. The zero-order valence-electron chi connectivity index (χ0n) is 11.3. The van der Waals surface area contributed by atoms with E-state index in [9.17, 15) is 4.79 Å². The van der Waals surface area contributed by atoms with Crippen LogP contribution in [0.2, 0.25) is 0 Å². The van der Waals surface area contributed by atoms with Gasteiger partial charge < -0.3 is 10.2 Å². The number of amides is 1. The van der Waals surface area contributed by atoms with Gasteiger partial charge in [-0.25, -0.2) is 0 Å². The van der Waals surface area contributed by atoms with Crippen molar-refractivity contribution in [1.82, 2.24) is 10.2 Å². The molecule has 1 aromatic heterocycles. The Balaban J connectivity index is 1.69.